The summed E-state index contributed by atoms with van der Waals surface area (Å²) in [7, 11) is -3.64. The Morgan fingerprint density at radius 2 is 1.96 bits per heavy atom. The first-order valence-corrected chi connectivity index (χ1v) is 11.1. The van der Waals surface area contributed by atoms with Crippen LogP contribution in [0, 0.1) is 5.92 Å². The summed E-state index contributed by atoms with van der Waals surface area (Å²) in [5.41, 5.74) is 0. The van der Waals surface area contributed by atoms with E-state index in [1.165, 1.54) is 17.1 Å². The van der Waals surface area contributed by atoms with Crippen molar-refractivity contribution in [1.82, 2.24) is 14.9 Å². The van der Waals surface area contributed by atoms with Gasteiger partial charge >= 0.3 is 0 Å². The zero-order chi connectivity index (χ0) is 18.4. The number of benzene rings is 1. The van der Waals surface area contributed by atoms with Crippen molar-refractivity contribution >= 4 is 15.9 Å². The number of hydrogen-bond acceptors (Lipinski definition) is 4. The van der Waals surface area contributed by atoms with Gasteiger partial charge in [-0.05, 0) is 63.2 Å². The number of piperidine rings is 2. The van der Waals surface area contributed by atoms with Crippen LogP contribution in [-0.4, -0.2) is 50.9 Å². The molecule has 0 bridgehead atoms. The van der Waals surface area contributed by atoms with Crippen molar-refractivity contribution in [3.8, 4) is 0 Å². The highest BCUT2D eigenvalue weighted by Crippen LogP contribution is 2.25. The van der Waals surface area contributed by atoms with Crippen LogP contribution in [0.25, 0.3) is 0 Å². The highest BCUT2D eigenvalue weighted by atomic mass is 32.2. The molecule has 2 unspecified atom stereocenters. The molecular formula is C19H29N3O3S. The van der Waals surface area contributed by atoms with Crippen LogP contribution in [0.2, 0.25) is 0 Å². The largest absolute Gasteiger partial charge is 0.355 e. The Morgan fingerprint density at radius 3 is 2.69 bits per heavy atom. The molecule has 0 aromatic heterocycles. The van der Waals surface area contributed by atoms with Gasteiger partial charge in [0, 0.05) is 13.1 Å². The lowest BCUT2D eigenvalue weighted by molar-refractivity contribution is -0.125. The van der Waals surface area contributed by atoms with Gasteiger partial charge < -0.3 is 10.6 Å². The normalized spacial score (nSPS) is 24.9. The molecule has 0 saturated carbocycles. The van der Waals surface area contributed by atoms with Crippen LogP contribution in [0.4, 0.5) is 0 Å². The highest BCUT2D eigenvalue weighted by Gasteiger charge is 2.37. The van der Waals surface area contributed by atoms with E-state index in [-0.39, 0.29) is 10.8 Å². The number of sulfonamides is 1. The Kier molecular flexibility index (Phi) is 6.67. The third kappa shape index (κ3) is 4.64. The van der Waals surface area contributed by atoms with Gasteiger partial charge in [0.25, 0.3) is 0 Å². The van der Waals surface area contributed by atoms with E-state index in [0.717, 1.165) is 32.4 Å². The minimum Gasteiger partial charge on any atom is -0.355 e. The van der Waals surface area contributed by atoms with Crippen LogP contribution in [-0.2, 0) is 14.8 Å². The molecule has 1 aromatic carbocycles. The molecule has 2 heterocycles. The van der Waals surface area contributed by atoms with Gasteiger partial charge in [-0.2, -0.15) is 4.31 Å². The first kappa shape index (κ1) is 19.3. The standard InChI is InChI=1S/C19H29N3O3S/c23-19(21-13-11-16-7-6-12-20-15-16)18-10-4-5-14-22(18)26(24,25)17-8-2-1-3-9-17/h1-3,8-9,16,18,20H,4-7,10-15H2,(H,21,23). The maximum absolute atomic E-state index is 13.0. The van der Waals surface area contributed by atoms with E-state index in [4.69, 9.17) is 0 Å². The molecular weight excluding hydrogens is 350 g/mol. The van der Waals surface area contributed by atoms with Gasteiger partial charge in [-0.15, -0.1) is 0 Å². The predicted molar refractivity (Wildman–Crippen MR) is 101 cm³/mol. The minimum atomic E-state index is -3.64. The van der Waals surface area contributed by atoms with E-state index >= 15 is 0 Å². The molecule has 0 radical (unpaired) electrons. The molecule has 1 amide bonds. The summed E-state index contributed by atoms with van der Waals surface area (Å²) in [6.45, 7) is 3.10. The zero-order valence-electron chi connectivity index (χ0n) is 15.2. The number of nitrogens with zero attached hydrogens (tertiary/aromatic N) is 1. The zero-order valence-corrected chi connectivity index (χ0v) is 16.0. The molecule has 7 heteroatoms. The number of carbonyl (C=O) groups excluding carboxylic acids is 1. The molecule has 2 aliphatic rings. The summed E-state index contributed by atoms with van der Waals surface area (Å²) < 4.78 is 27.3. The average molecular weight is 380 g/mol. The summed E-state index contributed by atoms with van der Waals surface area (Å²) in [4.78, 5) is 13.0. The number of rotatable bonds is 6. The van der Waals surface area contributed by atoms with E-state index in [2.05, 4.69) is 10.6 Å². The molecule has 3 rings (SSSR count). The SMILES string of the molecule is O=C(NCCC1CCCNC1)C1CCCCN1S(=O)(=O)c1ccccc1. The van der Waals surface area contributed by atoms with Crippen LogP contribution in [0.1, 0.15) is 38.5 Å². The van der Waals surface area contributed by atoms with Crippen LogP contribution in [0.15, 0.2) is 35.2 Å². The third-order valence-electron chi connectivity index (χ3n) is 5.36. The first-order valence-electron chi connectivity index (χ1n) is 9.64. The molecule has 26 heavy (non-hydrogen) atoms. The van der Waals surface area contributed by atoms with Crippen molar-refractivity contribution in [3.63, 3.8) is 0 Å². The number of hydrogen-bond donors (Lipinski definition) is 2. The van der Waals surface area contributed by atoms with Crippen LogP contribution in [0.3, 0.4) is 0 Å². The van der Waals surface area contributed by atoms with Crippen molar-refractivity contribution in [2.24, 2.45) is 5.92 Å². The predicted octanol–water partition coefficient (Wildman–Crippen LogP) is 1.74. The van der Waals surface area contributed by atoms with E-state index in [9.17, 15) is 13.2 Å². The molecule has 0 aliphatic carbocycles. The van der Waals surface area contributed by atoms with Crippen molar-refractivity contribution in [1.29, 1.82) is 0 Å². The number of nitrogens with one attached hydrogen (secondary N) is 2. The first-order chi connectivity index (χ1) is 12.6. The van der Waals surface area contributed by atoms with Gasteiger partial charge in [-0.3, -0.25) is 4.79 Å². The van der Waals surface area contributed by atoms with E-state index in [1.54, 1.807) is 30.3 Å². The fraction of sp³-hybridized carbons (Fsp3) is 0.632. The Bertz CT molecular complexity index is 687. The van der Waals surface area contributed by atoms with Gasteiger partial charge in [0.1, 0.15) is 6.04 Å². The molecule has 6 nitrogen and oxygen atoms in total. The maximum Gasteiger partial charge on any atom is 0.243 e. The van der Waals surface area contributed by atoms with E-state index in [1.807, 2.05) is 0 Å². The molecule has 2 fully saturated rings. The van der Waals surface area contributed by atoms with Gasteiger partial charge in [-0.25, -0.2) is 8.42 Å². The van der Waals surface area contributed by atoms with Crippen LogP contribution >= 0.6 is 0 Å². The van der Waals surface area contributed by atoms with Crippen molar-refractivity contribution in [2.45, 2.75) is 49.5 Å². The van der Waals surface area contributed by atoms with Crippen molar-refractivity contribution in [2.75, 3.05) is 26.2 Å². The Balaban J connectivity index is 1.61. The average Bonchev–Trinajstić information content (AvgIpc) is 2.69. The quantitative estimate of drug-likeness (QED) is 0.789. The number of carbonyl (C=O) groups is 1. The Hall–Kier alpha value is -1.44. The van der Waals surface area contributed by atoms with Gasteiger partial charge in [0.2, 0.25) is 15.9 Å². The van der Waals surface area contributed by atoms with Gasteiger partial charge in [-0.1, -0.05) is 24.6 Å². The highest BCUT2D eigenvalue weighted by molar-refractivity contribution is 7.89. The summed E-state index contributed by atoms with van der Waals surface area (Å²) >= 11 is 0. The molecule has 2 atom stereocenters. The van der Waals surface area contributed by atoms with Gasteiger partial charge in [0.05, 0.1) is 4.90 Å². The lowest BCUT2D eigenvalue weighted by Crippen LogP contribution is -2.52. The third-order valence-corrected chi connectivity index (χ3v) is 7.28. The molecule has 2 saturated heterocycles. The smallest absolute Gasteiger partial charge is 0.243 e. The van der Waals surface area contributed by atoms with Crippen LogP contribution in [0.5, 0.6) is 0 Å². The van der Waals surface area contributed by atoms with E-state index < -0.39 is 16.1 Å². The Morgan fingerprint density at radius 1 is 1.15 bits per heavy atom. The summed E-state index contributed by atoms with van der Waals surface area (Å²) in [5, 5.41) is 6.36. The Labute approximate surface area is 156 Å². The topological polar surface area (TPSA) is 78.5 Å². The lowest BCUT2D eigenvalue weighted by Gasteiger charge is -2.33. The van der Waals surface area contributed by atoms with Crippen LogP contribution < -0.4 is 10.6 Å². The molecule has 2 aliphatic heterocycles. The minimum absolute atomic E-state index is 0.159. The maximum atomic E-state index is 13.0. The molecule has 144 valence electrons. The summed E-state index contributed by atoms with van der Waals surface area (Å²) in [6, 6.07) is 7.80. The van der Waals surface area contributed by atoms with Crippen molar-refractivity contribution < 1.29 is 13.2 Å². The summed E-state index contributed by atoms with van der Waals surface area (Å²) in [6.07, 6.45) is 5.58. The second-order valence-electron chi connectivity index (χ2n) is 7.23. The monoisotopic (exact) mass is 379 g/mol. The molecule has 1 aromatic rings. The van der Waals surface area contributed by atoms with Crippen molar-refractivity contribution in [3.05, 3.63) is 30.3 Å². The van der Waals surface area contributed by atoms with Gasteiger partial charge in [0.15, 0.2) is 0 Å². The lowest BCUT2D eigenvalue weighted by atomic mass is 9.96. The van der Waals surface area contributed by atoms with E-state index in [0.29, 0.717) is 25.4 Å². The molecule has 2 N–H and O–H groups in total. The fourth-order valence-corrected chi connectivity index (χ4v) is 5.55. The second-order valence-corrected chi connectivity index (χ2v) is 9.12. The second kappa shape index (κ2) is 8.97. The molecule has 0 spiro atoms. The number of amides is 1. The fourth-order valence-electron chi connectivity index (χ4n) is 3.87. The summed E-state index contributed by atoms with van der Waals surface area (Å²) in [5.74, 6) is 0.438.